The molecule has 0 saturated heterocycles. The number of ether oxygens (including phenoxy) is 1. The van der Waals surface area contributed by atoms with Gasteiger partial charge in [-0.15, -0.1) is 0 Å². The van der Waals surface area contributed by atoms with E-state index >= 15 is 0 Å². The summed E-state index contributed by atoms with van der Waals surface area (Å²) in [6.45, 7) is 4.61. The lowest BCUT2D eigenvalue weighted by molar-refractivity contribution is -0.125. The van der Waals surface area contributed by atoms with E-state index in [1.165, 1.54) is 5.56 Å². The summed E-state index contributed by atoms with van der Waals surface area (Å²) in [6.07, 6.45) is 1.37. The Morgan fingerprint density at radius 1 is 1.00 bits per heavy atom. The molecule has 2 aromatic carbocycles. The van der Waals surface area contributed by atoms with E-state index in [0.717, 1.165) is 29.0 Å². The second-order valence-corrected chi connectivity index (χ2v) is 7.13. The lowest BCUT2D eigenvalue weighted by Crippen LogP contribution is -2.29. The van der Waals surface area contributed by atoms with Crippen LogP contribution in [-0.2, 0) is 16.0 Å². The average molecular weight is 366 g/mol. The number of benzene rings is 2. The molecule has 0 heterocycles. The molecule has 0 spiro atoms. The Kier molecular flexibility index (Phi) is 5.79. The quantitative estimate of drug-likeness (QED) is 0.790. The number of carbonyl (C=O) groups excluding carboxylic acids is 2. The maximum atomic E-state index is 12.3. The molecule has 2 atom stereocenters. The SMILES string of the molecule is COc1ccc(CCNC(=O)C2CC2C(=O)Nc2ccc(C)c(C)c2)cc1. The van der Waals surface area contributed by atoms with Gasteiger partial charge in [0.25, 0.3) is 0 Å². The highest BCUT2D eigenvalue weighted by Crippen LogP contribution is 2.39. The van der Waals surface area contributed by atoms with Crippen LogP contribution in [0.2, 0.25) is 0 Å². The molecule has 142 valence electrons. The van der Waals surface area contributed by atoms with Crippen LogP contribution in [0.4, 0.5) is 5.69 Å². The van der Waals surface area contributed by atoms with Gasteiger partial charge in [-0.05, 0) is 67.6 Å². The van der Waals surface area contributed by atoms with Crippen LogP contribution in [-0.4, -0.2) is 25.5 Å². The molecule has 2 amide bonds. The predicted octanol–water partition coefficient (Wildman–Crippen LogP) is 3.25. The summed E-state index contributed by atoms with van der Waals surface area (Å²) in [6, 6.07) is 13.6. The number of carbonyl (C=O) groups is 2. The first-order valence-electron chi connectivity index (χ1n) is 9.26. The maximum absolute atomic E-state index is 12.3. The monoisotopic (exact) mass is 366 g/mol. The van der Waals surface area contributed by atoms with Crippen molar-refractivity contribution in [1.82, 2.24) is 5.32 Å². The number of methoxy groups -OCH3 is 1. The normalized spacial score (nSPS) is 17.9. The molecule has 1 aliphatic rings. The van der Waals surface area contributed by atoms with Gasteiger partial charge >= 0.3 is 0 Å². The van der Waals surface area contributed by atoms with Crippen LogP contribution < -0.4 is 15.4 Å². The van der Waals surface area contributed by atoms with Gasteiger partial charge in [0.2, 0.25) is 11.8 Å². The van der Waals surface area contributed by atoms with Gasteiger partial charge in [-0.1, -0.05) is 18.2 Å². The van der Waals surface area contributed by atoms with E-state index in [1.807, 2.05) is 56.3 Å². The summed E-state index contributed by atoms with van der Waals surface area (Å²) in [5.74, 6) is 0.260. The summed E-state index contributed by atoms with van der Waals surface area (Å²) in [4.78, 5) is 24.6. The molecule has 5 heteroatoms. The molecule has 0 radical (unpaired) electrons. The Balaban J connectivity index is 1.42. The summed E-state index contributed by atoms with van der Waals surface area (Å²) in [5, 5.41) is 5.86. The third-order valence-corrected chi connectivity index (χ3v) is 5.11. The minimum Gasteiger partial charge on any atom is -0.497 e. The topological polar surface area (TPSA) is 67.4 Å². The van der Waals surface area contributed by atoms with Gasteiger partial charge in [-0.2, -0.15) is 0 Å². The zero-order valence-corrected chi connectivity index (χ0v) is 16.0. The van der Waals surface area contributed by atoms with Crippen LogP contribution in [0.15, 0.2) is 42.5 Å². The van der Waals surface area contributed by atoms with E-state index in [2.05, 4.69) is 10.6 Å². The highest BCUT2D eigenvalue weighted by atomic mass is 16.5. The molecular weight excluding hydrogens is 340 g/mol. The van der Waals surface area contributed by atoms with Crippen molar-refractivity contribution in [3.8, 4) is 5.75 Å². The van der Waals surface area contributed by atoms with Gasteiger partial charge in [-0.25, -0.2) is 0 Å². The molecular formula is C22H26N2O3. The van der Waals surface area contributed by atoms with Crippen molar-refractivity contribution < 1.29 is 14.3 Å². The van der Waals surface area contributed by atoms with Crippen molar-refractivity contribution in [2.75, 3.05) is 19.0 Å². The van der Waals surface area contributed by atoms with Gasteiger partial charge < -0.3 is 15.4 Å². The van der Waals surface area contributed by atoms with E-state index in [-0.39, 0.29) is 23.7 Å². The van der Waals surface area contributed by atoms with Crippen LogP contribution in [0.5, 0.6) is 5.75 Å². The third-order valence-electron chi connectivity index (χ3n) is 5.11. The van der Waals surface area contributed by atoms with Crippen LogP contribution in [0, 0.1) is 25.7 Å². The van der Waals surface area contributed by atoms with Gasteiger partial charge in [0.05, 0.1) is 18.9 Å². The molecule has 1 aliphatic carbocycles. The minimum absolute atomic E-state index is 0.0382. The number of nitrogens with one attached hydrogen (secondary N) is 2. The van der Waals surface area contributed by atoms with Crippen LogP contribution in [0.1, 0.15) is 23.1 Å². The molecule has 2 unspecified atom stereocenters. The number of hydrogen-bond donors (Lipinski definition) is 2. The Hall–Kier alpha value is -2.82. The fraction of sp³-hybridized carbons (Fsp3) is 0.364. The van der Waals surface area contributed by atoms with E-state index in [0.29, 0.717) is 13.0 Å². The standard InChI is InChI=1S/C22H26N2O3/c1-14-4-7-17(12-15(14)2)24-22(26)20-13-19(20)21(25)23-11-10-16-5-8-18(27-3)9-6-16/h4-9,12,19-20H,10-11,13H2,1-3H3,(H,23,25)(H,24,26). The van der Waals surface area contributed by atoms with Gasteiger partial charge in [-0.3, -0.25) is 9.59 Å². The summed E-state index contributed by atoms with van der Waals surface area (Å²) in [7, 11) is 1.64. The highest BCUT2D eigenvalue weighted by molar-refractivity contribution is 5.99. The maximum Gasteiger partial charge on any atom is 0.228 e. The molecule has 2 aromatic rings. The first-order valence-corrected chi connectivity index (χ1v) is 9.26. The minimum atomic E-state index is -0.229. The number of aryl methyl sites for hydroxylation is 2. The van der Waals surface area contributed by atoms with Crippen molar-refractivity contribution in [2.45, 2.75) is 26.7 Å². The number of amides is 2. The zero-order valence-electron chi connectivity index (χ0n) is 16.0. The molecule has 0 aromatic heterocycles. The molecule has 1 fully saturated rings. The lowest BCUT2D eigenvalue weighted by atomic mass is 10.1. The summed E-state index contributed by atoms with van der Waals surface area (Å²) < 4.78 is 5.13. The van der Waals surface area contributed by atoms with Crippen molar-refractivity contribution in [3.05, 3.63) is 59.2 Å². The van der Waals surface area contributed by atoms with Crippen molar-refractivity contribution in [1.29, 1.82) is 0 Å². The second-order valence-electron chi connectivity index (χ2n) is 7.13. The average Bonchev–Trinajstić information content (AvgIpc) is 3.46. The van der Waals surface area contributed by atoms with Gasteiger partial charge in [0, 0.05) is 12.2 Å². The molecule has 0 aliphatic heterocycles. The smallest absolute Gasteiger partial charge is 0.228 e. The van der Waals surface area contributed by atoms with E-state index in [4.69, 9.17) is 4.74 Å². The third kappa shape index (κ3) is 4.88. The van der Waals surface area contributed by atoms with Gasteiger partial charge in [0.1, 0.15) is 5.75 Å². The Bertz CT molecular complexity index is 830. The van der Waals surface area contributed by atoms with Crippen molar-refractivity contribution in [2.24, 2.45) is 11.8 Å². The summed E-state index contributed by atoms with van der Waals surface area (Å²) in [5.41, 5.74) is 4.24. The second kappa shape index (κ2) is 8.25. The van der Waals surface area contributed by atoms with E-state index in [9.17, 15) is 9.59 Å². The molecule has 5 nitrogen and oxygen atoms in total. The largest absolute Gasteiger partial charge is 0.497 e. The first kappa shape index (κ1) is 19.0. The highest BCUT2D eigenvalue weighted by Gasteiger charge is 2.47. The fourth-order valence-electron chi connectivity index (χ4n) is 3.08. The lowest BCUT2D eigenvalue weighted by Gasteiger charge is -2.08. The summed E-state index contributed by atoms with van der Waals surface area (Å²) >= 11 is 0. The first-order chi connectivity index (χ1) is 13.0. The molecule has 2 N–H and O–H groups in total. The molecule has 3 rings (SSSR count). The van der Waals surface area contributed by atoms with Gasteiger partial charge in [0.15, 0.2) is 0 Å². The van der Waals surface area contributed by atoms with E-state index in [1.54, 1.807) is 7.11 Å². The number of rotatable bonds is 7. The number of anilines is 1. The van der Waals surface area contributed by atoms with Crippen LogP contribution in [0.25, 0.3) is 0 Å². The van der Waals surface area contributed by atoms with E-state index < -0.39 is 0 Å². The van der Waals surface area contributed by atoms with Crippen molar-refractivity contribution in [3.63, 3.8) is 0 Å². The number of hydrogen-bond acceptors (Lipinski definition) is 3. The van der Waals surface area contributed by atoms with Crippen LogP contribution in [0.3, 0.4) is 0 Å². The van der Waals surface area contributed by atoms with Crippen molar-refractivity contribution >= 4 is 17.5 Å². The predicted molar refractivity (Wildman–Crippen MR) is 106 cm³/mol. The Labute approximate surface area is 160 Å². The molecule has 27 heavy (non-hydrogen) atoms. The molecule has 1 saturated carbocycles. The van der Waals surface area contributed by atoms with Crippen LogP contribution >= 0.6 is 0 Å². The fourth-order valence-corrected chi connectivity index (χ4v) is 3.08. The Morgan fingerprint density at radius 2 is 1.70 bits per heavy atom. The zero-order chi connectivity index (χ0) is 19.4. The Morgan fingerprint density at radius 3 is 2.37 bits per heavy atom. The molecule has 0 bridgehead atoms.